The van der Waals surface area contributed by atoms with Gasteiger partial charge in [-0.1, -0.05) is 20.8 Å². The van der Waals surface area contributed by atoms with Crippen molar-refractivity contribution < 1.29 is 14.6 Å². The quantitative estimate of drug-likeness (QED) is 0.817. The number of nitrogens with zero attached hydrogens (tertiary/aromatic N) is 1. The molecule has 0 saturated carbocycles. The third-order valence-corrected chi connectivity index (χ3v) is 3.93. The van der Waals surface area contributed by atoms with Crippen molar-refractivity contribution in [3.05, 3.63) is 23.3 Å². The molecule has 3 N–H and O–H groups in total. The van der Waals surface area contributed by atoms with E-state index in [9.17, 15) is 9.90 Å². The van der Waals surface area contributed by atoms with E-state index in [1.165, 1.54) is 4.90 Å². The average molecular weight is 306 g/mol. The molecule has 5 nitrogen and oxygen atoms in total. The Labute approximate surface area is 132 Å². The van der Waals surface area contributed by atoms with E-state index in [1.807, 2.05) is 26.0 Å². The summed E-state index contributed by atoms with van der Waals surface area (Å²) in [6.07, 6.45) is -0.179. The second kappa shape index (κ2) is 5.71. The molecule has 1 aromatic rings. The summed E-state index contributed by atoms with van der Waals surface area (Å²) in [5.41, 5.74) is 8.61. The monoisotopic (exact) mass is 306 g/mol. The molecule has 5 heteroatoms. The molecule has 122 valence electrons. The van der Waals surface area contributed by atoms with Crippen LogP contribution in [-0.4, -0.2) is 28.7 Å². The number of nitrogen functional groups attached to an aromatic ring is 1. The van der Waals surface area contributed by atoms with Gasteiger partial charge in [0.2, 0.25) is 0 Å². The van der Waals surface area contributed by atoms with Crippen LogP contribution in [0.5, 0.6) is 5.75 Å². The largest absolute Gasteiger partial charge is 0.489 e. The zero-order chi connectivity index (χ0) is 16.7. The van der Waals surface area contributed by atoms with Gasteiger partial charge in [0.05, 0.1) is 17.8 Å². The fourth-order valence-electron chi connectivity index (χ4n) is 3.16. The maximum Gasteiger partial charge on any atom is 0.407 e. The highest BCUT2D eigenvalue weighted by Gasteiger charge is 2.39. The number of hydrogen-bond acceptors (Lipinski definition) is 3. The zero-order valence-corrected chi connectivity index (χ0v) is 14.0. The molecule has 1 aliphatic heterocycles. The third kappa shape index (κ3) is 3.13. The molecule has 0 radical (unpaired) electrons. The highest BCUT2D eigenvalue weighted by Crippen LogP contribution is 2.44. The van der Waals surface area contributed by atoms with Crippen LogP contribution in [0.1, 0.15) is 51.8 Å². The van der Waals surface area contributed by atoms with Crippen LogP contribution in [0, 0.1) is 5.41 Å². The van der Waals surface area contributed by atoms with E-state index in [0.29, 0.717) is 24.4 Å². The van der Waals surface area contributed by atoms with Crippen molar-refractivity contribution in [2.45, 2.75) is 53.2 Å². The molecule has 22 heavy (non-hydrogen) atoms. The fourth-order valence-corrected chi connectivity index (χ4v) is 3.16. The predicted octanol–water partition coefficient (Wildman–Crippen LogP) is 3.68. The van der Waals surface area contributed by atoms with Crippen molar-refractivity contribution >= 4 is 11.8 Å². The number of fused-ring (bicyclic) bond motifs is 1. The minimum absolute atomic E-state index is 0.0209. The summed E-state index contributed by atoms with van der Waals surface area (Å²) in [5.74, 6) is 0.634. The van der Waals surface area contributed by atoms with Gasteiger partial charge >= 0.3 is 6.09 Å². The Morgan fingerprint density at radius 1 is 1.41 bits per heavy atom. The van der Waals surface area contributed by atoms with Crippen molar-refractivity contribution in [1.82, 2.24) is 4.90 Å². The number of ether oxygens (including phenoxy) is 1. The SMILES string of the molecule is CC(C)Oc1cc2c(cc1N)CCN(C(=O)O)C2C(C)(C)C. The van der Waals surface area contributed by atoms with Crippen molar-refractivity contribution in [3.8, 4) is 5.75 Å². The van der Waals surface area contributed by atoms with Gasteiger partial charge in [0, 0.05) is 6.54 Å². The van der Waals surface area contributed by atoms with Crippen molar-refractivity contribution in [1.29, 1.82) is 0 Å². The Balaban J connectivity index is 2.55. The van der Waals surface area contributed by atoms with E-state index >= 15 is 0 Å². The molecule has 1 unspecified atom stereocenters. The van der Waals surface area contributed by atoms with Gasteiger partial charge in [-0.3, -0.25) is 0 Å². The molecular weight excluding hydrogens is 280 g/mol. The summed E-state index contributed by atoms with van der Waals surface area (Å²) in [7, 11) is 0. The number of carboxylic acid groups (broad SMARTS) is 1. The normalized spacial score (nSPS) is 18.3. The summed E-state index contributed by atoms with van der Waals surface area (Å²) in [4.78, 5) is 13.1. The molecule has 1 amide bonds. The first-order valence-electron chi connectivity index (χ1n) is 7.69. The molecule has 0 bridgehead atoms. The first-order chi connectivity index (χ1) is 10.1. The summed E-state index contributed by atoms with van der Waals surface area (Å²) in [6.45, 7) is 10.6. The lowest BCUT2D eigenvalue weighted by Gasteiger charge is -2.43. The van der Waals surface area contributed by atoms with Crippen LogP contribution in [-0.2, 0) is 6.42 Å². The van der Waals surface area contributed by atoms with E-state index in [4.69, 9.17) is 10.5 Å². The maximum atomic E-state index is 11.6. The van der Waals surface area contributed by atoms with Crippen LogP contribution < -0.4 is 10.5 Å². The molecular formula is C17H26N2O3. The van der Waals surface area contributed by atoms with E-state index in [1.54, 1.807) is 0 Å². The summed E-state index contributed by atoms with van der Waals surface area (Å²) in [6, 6.07) is 3.66. The van der Waals surface area contributed by atoms with Gasteiger partial charge in [-0.05, 0) is 48.9 Å². The number of nitrogens with two attached hydrogens (primary N) is 1. The molecule has 1 heterocycles. The molecule has 1 atom stereocenters. The van der Waals surface area contributed by atoms with Gasteiger partial charge in [0.1, 0.15) is 5.75 Å². The van der Waals surface area contributed by atoms with Gasteiger partial charge in [-0.25, -0.2) is 4.79 Å². The summed E-state index contributed by atoms with van der Waals surface area (Å²) in [5, 5.41) is 9.54. The maximum absolute atomic E-state index is 11.6. The highest BCUT2D eigenvalue weighted by atomic mass is 16.5. The van der Waals surface area contributed by atoms with Gasteiger partial charge in [0.15, 0.2) is 0 Å². The van der Waals surface area contributed by atoms with Crippen LogP contribution in [0.4, 0.5) is 10.5 Å². The van der Waals surface area contributed by atoms with Crippen LogP contribution in [0.2, 0.25) is 0 Å². The first kappa shape index (κ1) is 16.5. The Kier molecular flexibility index (Phi) is 4.27. The number of anilines is 1. The lowest BCUT2D eigenvalue weighted by molar-refractivity contribution is 0.0756. The number of carbonyl (C=O) groups is 1. The van der Waals surface area contributed by atoms with Gasteiger partial charge in [0.25, 0.3) is 0 Å². The van der Waals surface area contributed by atoms with Crippen LogP contribution in [0.25, 0.3) is 0 Å². The molecule has 2 rings (SSSR count). The zero-order valence-electron chi connectivity index (χ0n) is 14.0. The third-order valence-electron chi connectivity index (χ3n) is 3.93. The second-order valence-electron chi connectivity index (χ2n) is 7.25. The van der Waals surface area contributed by atoms with Crippen molar-refractivity contribution in [3.63, 3.8) is 0 Å². The second-order valence-corrected chi connectivity index (χ2v) is 7.25. The Morgan fingerprint density at radius 2 is 2.05 bits per heavy atom. The predicted molar refractivity (Wildman–Crippen MR) is 87.2 cm³/mol. The molecule has 0 saturated heterocycles. The lowest BCUT2D eigenvalue weighted by atomic mass is 9.77. The molecule has 0 fully saturated rings. The van der Waals surface area contributed by atoms with Crippen LogP contribution >= 0.6 is 0 Å². The average Bonchev–Trinajstić information content (AvgIpc) is 2.36. The van der Waals surface area contributed by atoms with Crippen LogP contribution in [0.15, 0.2) is 12.1 Å². The standard InChI is InChI=1S/C17H26N2O3/c1-10(2)22-14-9-12-11(8-13(14)18)6-7-19(16(20)21)15(12)17(3,4)5/h8-10,15H,6-7,18H2,1-5H3,(H,20,21). The van der Waals surface area contributed by atoms with Crippen molar-refractivity contribution in [2.24, 2.45) is 5.41 Å². The Hall–Kier alpha value is -1.91. The summed E-state index contributed by atoms with van der Waals surface area (Å²) < 4.78 is 5.78. The Bertz CT molecular complexity index is 576. The molecule has 1 aliphatic rings. The van der Waals surface area contributed by atoms with Gasteiger partial charge < -0.3 is 20.5 Å². The molecule has 1 aromatic carbocycles. The Morgan fingerprint density at radius 3 is 2.55 bits per heavy atom. The van der Waals surface area contributed by atoms with E-state index in [0.717, 1.165) is 11.1 Å². The number of rotatable bonds is 2. The van der Waals surface area contributed by atoms with Gasteiger partial charge in [-0.15, -0.1) is 0 Å². The van der Waals surface area contributed by atoms with Gasteiger partial charge in [-0.2, -0.15) is 0 Å². The first-order valence-corrected chi connectivity index (χ1v) is 7.69. The van der Waals surface area contributed by atoms with E-state index < -0.39 is 6.09 Å². The lowest BCUT2D eigenvalue weighted by Crippen LogP contribution is -2.44. The van der Waals surface area contributed by atoms with E-state index in [-0.39, 0.29) is 17.6 Å². The number of amides is 1. The van der Waals surface area contributed by atoms with Crippen LogP contribution in [0.3, 0.4) is 0 Å². The highest BCUT2D eigenvalue weighted by molar-refractivity contribution is 5.68. The molecule has 0 aliphatic carbocycles. The number of hydrogen-bond donors (Lipinski definition) is 2. The van der Waals surface area contributed by atoms with Crippen molar-refractivity contribution in [2.75, 3.05) is 12.3 Å². The van der Waals surface area contributed by atoms with E-state index in [2.05, 4.69) is 20.8 Å². The minimum Gasteiger partial charge on any atom is -0.489 e. The smallest absolute Gasteiger partial charge is 0.407 e. The minimum atomic E-state index is -0.881. The summed E-state index contributed by atoms with van der Waals surface area (Å²) >= 11 is 0. The molecule has 0 spiro atoms. The molecule has 0 aromatic heterocycles. The fraction of sp³-hybridized carbons (Fsp3) is 0.588. The topological polar surface area (TPSA) is 75.8 Å². The number of benzene rings is 1.